The fourth-order valence-electron chi connectivity index (χ4n) is 1.05. The molecular formula is C9H10BrFO. The summed E-state index contributed by atoms with van der Waals surface area (Å²) in [5.41, 5.74) is 1.44. The SMILES string of the molecule is COc1cc(C)cc(F)c1CBr. The van der Waals surface area contributed by atoms with Crippen molar-refractivity contribution in [3.05, 3.63) is 29.1 Å². The van der Waals surface area contributed by atoms with E-state index >= 15 is 0 Å². The van der Waals surface area contributed by atoms with Gasteiger partial charge in [0.15, 0.2) is 0 Å². The van der Waals surface area contributed by atoms with Crippen molar-refractivity contribution < 1.29 is 9.13 Å². The molecule has 0 amide bonds. The Bertz CT molecular complexity index is 286. The van der Waals surface area contributed by atoms with E-state index in [4.69, 9.17) is 4.74 Å². The predicted molar refractivity (Wildman–Crippen MR) is 50.3 cm³/mol. The molecule has 0 aliphatic heterocycles. The minimum atomic E-state index is -0.219. The molecule has 0 radical (unpaired) electrons. The summed E-state index contributed by atoms with van der Waals surface area (Å²) in [6.07, 6.45) is 0. The maximum absolute atomic E-state index is 13.2. The number of hydrogen-bond donors (Lipinski definition) is 0. The summed E-state index contributed by atoms with van der Waals surface area (Å²) in [6.45, 7) is 1.84. The first-order valence-corrected chi connectivity index (χ1v) is 4.70. The van der Waals surface area contributed by atoms with Gasteiger partial charge in [-0.3, -0.25) is 0 Å². The Morgan fingerprint density at radius 1 is 1.50 bits per heavy atom. The number of alkyl halides is 1. The monoisotopic (exact) mass is 232 g/mol. The molecule has 0 spiro atoms. The normalized spacial score (nSPS) is 10.0. The second kappa shape index (κ2) is 3.90. The summed E-state index contributed by atoms with van der Waals surface area (Å²) in [7, 11) is 1.54. The maximum Gasteiger partial charge on any atom is 0.131 e. The Morgan fingerprint density at radius 2 is 2.17 bits per heavy atom. The molecule has 12 heavy (non-hydrogen) atoms. The summed E-state index contributed by atoms with van der Waals surface area (Å²) in [5, 5.41) is 0.474. The molecule has 0 unspecified atom stereocenters. The largest absolute Gasteiger partial charge is 0.496 e. The van der Waals surface area contributed by atoms with Gasteiger partial charge in [-0.1, -0.05) is 15.9 Å². The summed E-state index contributed by atoms with van der Waals surface area (Å²) in [4.78, 5) is 0. The van der Waals surface area contributed by atoms with E-state index in [1.807, 2.05) is 13.0 Å². The van der Waals surface area contributed by atoms with Crippen molar-refractivity contribution in [2.24, 2.45) is 0 Å². The van der Waals surface area contributed by atoms with E-state index in [1.54, 1.807) is 7.11 Å². The standard InChI is InChI=1S/C9H10BrFO/c1-6-3-8(11)7(5-10)9(4-6)12-2/h3-4H,5H2,1-2H3. The number of benzene rings is 1. The smallest absolute Gasteiger partial charge is 0.131 e. The first kappa shape index (κ1) is 9.52. The first-order valence-electron chi connectivity index (χ1n) is 3.58. The zero-order valence-corrected chi connectivity index (χ0v) is 8.61. The van der Waals surface area contributed by atoms with Gasteiger partial charge in [0, 0.05) is 10.9 Å². The zero-order chi connectivity index (χ0) is 9.14. The second-order valence-electron chi connectivity index (χ2n) is 2.56. The van der Waals surface area contributed by atoms with E-state index < -0.39 is 0 Å². The number of hydrogen-bond acceptors (Lipinski definition) is 1. The molecule has 1 aromatic rings. The van der Waals surface area contributed by atoms with Gasteiger partial charge in [0.05, 0.1) is 7.11 Å². The Kier molecular flexibility index (Phi) is 3.09. The van der Waals surface area contributed by atoms with Gasteiger partial charge in [0.2, 0.25) is 0 Å². The summed E-state index contributed by atoms with van der Waals surface area (Å²) < 4.78 is 18.2. The van der Waals surface area contributed by atoms with Crippen LogP contribution in [0, 0.1) is 12.7 Å². The number of halogens is 2. The third-order valence-electron chi connectivity index (χ3n) is 1.65. The van der Waals surface area contributed by atoms with E-state index in [1.165, 1.54) is 6.07 Å². The van der Waals surface area contributed by atoms with E-state index in [0.29, 0.717) is 16.6 Å². The molecule has 66 valence electrons. The molecule has 0 saturated heterocycles. The molecule has 0 saturated carbocycles. The highest BCUT2D eigenvalue weighted by atomic mass is 79.9. The lowest BCUT2D eigenvalue weighted by Gasteiger charge is -2.07. The molecule has 0 bridgehead atoms. The lowest BCUT2D eigenvalue weighted by molar-refractivity contribution is 0.406. The van der Waals surface area contributed by atoms with Gasteiger partial charge >= 0.3 is 0 Å². The molecule has 1 aromatic carbocycles. The summed E-state index contributed by atoms with van der Waals surface area (Å²) >= 11 is 3.20. The lowest BCUT2D eigenvalue weighted by Crippen LogP contribution is -1.94. The minimum Gasteiger partial charge on any atom is -0.496 e. The van der Waals surface area contributed by atoms with Crippen LogP contribution in [-0.4, -0.2) is 7.11 Å². The van der Waals surface area contributed by atoms with Gasteiger partial charge in [0.1, 0.15) is 11.6 Å². The van der Waals surface area contributed by atoms with Gasteiger partial charge in [-0.05, 0) is 24.6 Å². The summed E-state index contributed by atoms with van der Waals surface area (Å²) in [5.74, 6) is 0.383. The van der Waals surface area contributed by atoms with Crippen molar-refractivity contribution in [3.8, 4) is 5.75 Å². The lowest BCUT2D eigenvalue weighted by atomic mass is 10.1. The summed E-state index contributed by atoms with van der Waals surface area (Å²) in [6, 6.07) is 3.32. The predicted octanol–water partition coefficient (Wildman–Crippen LogP) is 3.04. The highest BCUT2D eigenvalue weighted by Crippen LogP contribution is 2.25. The van der Waals surface area contributed by atoms with E-state index in [0.717, 1.165) is 5.56 Å². The van der Waals surface area contributed by atoms with Crippen molar-refractivity contribution in [2.75, 3.05) is 7.11 Å². The average molecular weight is 233 g/mol. The molecule has 0 aromatic heterocycles. The van der Waals surface area contributed by atoms with Crippen LogP contribution in [0.4, 0.5) is 4.39 Å². The number of rotatable bonds is 2. The van der Waals surface area contributed by atoms with Crippen LogP contribution in [0.25, 0.3) is 0 Å². The van der Waals surface area contributed by atoms with Crippen molar-refractivity contribution in [3.63, 3.8) is 0 Å². The molecule has 0 aliphatic rings. The second-order valence-corrected chi connectivity index (χ2v) is 3.12. The fourth-order valence-corrected chi connectivity index (χ4v) is 1.60. The molecule has 0 fully saturated rings. The number of methoxy groups -OCH3 is 1. The van der Waals surface area contributed by atoms with Crippen molar-refractivity contribution in [1.29, 1.82) is 0 Å². The van der Waals surface area contributed by atoms with Crippen LogP contribution in [0.1, 0.15) is 11.1 Å². The van der Waals surface area contributed by atoms with E-state index in [-0.39, 0.29) is 5.82 Å². The van der Waals surface area contributed by atoms with Crippen LogP contribution in [0.2, 0.25) is 0 Å². The van der Waals surface area contributed by atoms with E-state index in [2.05, 4.69) is 15.9 Å². The van der Waals surface area contributed by atoms with Crippen LogP contribution < -0.4 is 4.74 Å². The first-order chi connectivity index (χ1) is 5.69. The molecular weight excluding hydrogens is 223 g/mol. The van der Waals surface area contributed by atoms with Crippen LogP contribution in [0.5, 0.6) is 5.75 Å². The molecule has 1 rings (SSSR count). The van der Waals surface area contributed by atoms with E-state index in [9.17, 15) is 4.39 Å². The van der Waals surface area contributed by atoms with Gasteiger partial charge in [-0.15, -0.1) is 0 Å². The molecule has 0 N–H and O–H groups in total. The molecule has 1 nitrogen and oxygen atoms in total. The van der Waals surface area contributed by atoms with Crippen LogP contribution in [0.3, 0.4) is 0 Å². The highest BCUT2D eigenvalue weighted by Gasteiger charge is 2.08. The Hall–Kier alpha value is -0.570. The topological polar surface area (TPSA) is 9.23 Å². The van der Waals surface area contributed by atoms with Crippen molar-refractivity contribution in [1.82, 2.24) is 0 Å². The van der Waals surface area contributed by atoms with Crippen LogP contribution >= 0.6 is 15.9 Å². The average Bonchev–Trinajstić information content (AvgIpc) is 2.03. The zero-order valence-electron chi connectivity index (χ0n) is 7.03. The van der Waals surface area contributed by atoms with Gasteiger partial charge in [-0.2, -0.15) is 0 Å². The Morgan fingerprint density at radius 3 is 2.67 bits per heavy atom. The highest BCUT2D eigenvalue weighted by molar-refractivity contribution is 9.08. The van der Waals surface area contributed by atoms with Crippen molar-refractivity contribution in [2.45, 2.75) is 12.3 Å². The quantitative estimate of drug-likeness (QED) is 0.713. The third kappa shape index (κ3) is 1.78. The molecule has 0 aliphatic carbocycles. The van der Waals surface area contributed by atoms with Gasteiger partial charge < -0.3 is 4.74 Å². The van der Waals surface area contributed by atoms with Crippen LogP contribution in [0.15, 0.2) is 12.1 Å². The van der Waals surface area contributed by atoms with Crippen molar-refractivity contribution >= 4 is 15.9 Å². The molecule has 0 atom stereocenters. The molecule has 3 heteroatoms. The molecule has 0 heterocycles. The fraction of sp³-hybridized carbons (Fsp3) is 0.333. The van der Waals surface area contributed by atoms with Gasteiger partial charge in [-0.25, -0.2) is 4.39 Å². The van der Waals surface area contributed by atoms with Crippen LogP contribution in [-0.2, 0) is 5.33 Å². The Labute approximate surface area is 79.7 Å². The minimum absolute atomic E-state index is 0.219. The van der Waals surface area contributed by atoms with Gasteiger partial charge in [0.25, 0.3) is 0 Å². The maximum atomic E-state index is 13.2. The third-order valence-corrected chi connectivity index (χ3v) is 2.21. The number of aryl methyl sites for hydroxylation is 1. The number of ether oxygens (including phenoxy) is 1. The Balaban J connectivity index is 3.24.